The minimum absolute atomic E-state index is 0.0744. The number of oxazole rings is 1. The SMILES string of the molecule is COc1ccc(-c2nc(CC(=O)NCCc3csc(C)n3)c(C)o2)cc1. The number of aromatic nitrogens is 2. The molecule has 2 aromatic heterocycles. The van der Waals surface area contributed by atoms with Crippen LogP contribution in [0.15, 0.2) is 34.1 Å². The molecular weight excluding hydrogens is 350 g/mol. The van der Waals surface area contributed by atoms with Crippen molar-refractivity contribution in [3.63, 3.8) is 0 Å². The van der Waals surface area contributed by atoms with Crippen molar-refractivity contribution in [3.8, 4) is 17.2 Å². The molecule has 0 bridgehead atoms. The molecule has 1 N–H and O–H groups in total. The van der Waals surface area contributed by atoms with Gasteiger partial charge in [0.25, 0.3) is 0 Å². The monoisotopic (exact) mass is 371 g/mol. The Kier molecular flexibility index (Phi) is 5.68. The molecule has 1 amide bonds. The number of carbonyl (C=O) groups excluding carboxylic acids is 1. The maximum absolute atomic E-state index is 12.2. The molecule has 0 saturated heterocycles. The molecule has 0 saturated carbocycles. The van der Waals surface area contributed by atoms with Gasteiger partial charge in [-0.3, -0.25) is 4.79 Å². The summed E-state index contributed by atoms with van der Waals surface area (Å²) in [6.07, 6.45) is 0.923. The van der Waals surface area contributed by atoms with Crippen molar-refractivity contribution in [1.29, 1.82) is 0 Å². The second-order valence-corrected chi connectivity index (χ2v) is 6.95. The molecule has 0 spiro atoms. The Bertz CT molecular complexity index is 884. The van der Waals surface area contributed by atoms with E-state index in [1.807, 2.05) is 43.5 Å². The van der Waals surface area contributed by atoms with E-state index in [9.17, 15) is 4.79 Å². The van der Waals surface area contributed by atoms with Gasteiger partial charge in [-0.05, 0) is 38.1 Å². The zero-order chi connectivity index (χ0) is 18.5. The lowest BCUT2D eigenvalue weighted by Crippen LogP contribution is -2.27. The highest BCUT2D eigenvalue weighted by atomic mass is 32.1. The normalized spacial score (nSPS) is 10.7. The second-order valence-electron chi connectivity index (χ2n) is 5.88. The Morgan fingerprint density at radius 2 is 2.00 bits per heavy atom. The number of amides is 1. The number of hydrogen-bond donors (Lipinski definition) is 1. The van der Waals surface area contributed by atoms with Crippen LogP contribution in [0.3, 0.4) is 0 Å². The number of carbonyl (C=O) groups is 1. The molecule has 2 heterocycles. The first kappa shape index (κ1) is 18.1. The fourth-order valence-corrected chi connectivity index (χ4v) is 3.16. The topological polar surface area (TPSA) is 77.2 Å². The van der Waals surface area contributed by atoms with Crippen molar-refractivity contribution in [2.45, 2.75) is 26.7 Å². The van der Waals surface area contributed by atoms with Gasteiger partial charge in [0.05, 0.1) is 29.9 Å². The lowest BCUT2D eigenvalue weighted by Gasteiger charge is -2.02. The lowest BCUT2D eigenvalue weighted by molar-refractivity contribution is -0.120. The van der Waals surface area contributed by atoms with E-state index in [2.05, 4.69) is 15.3 Å². The van der Waals surface area contributed by atoms with Crippen molar-refractivity contribution in [2.24, 2.45) is 0 Å². The Morgan fingerprint density at radius 1 is 1.23 bits per heavy atom. The third kappa shape index (κ3) is 4.49. The third-order valence-corrected chi connectivity index (χ3v) is 4.75. The van der Waals surface area contributed by atoms with Gasteiger partial charge >= 0.3 is 0 Å². The van der Waals surface area contributed by atoms with Crippen LogP contribution >= 0.6 is 11.3 Å². The minimum atomic E-state index is -0.0744. The number of methoxy groups -OCH3 is 1. The van der Waals surface area contributed by atoms with Crippen LogP contribution in [-0.4, -0.2) is 29.5 Å². The number of thiazole rings is 1. The van der Waals surface area contributed by atoms with E-state index in [4.69, 9.17) is 9.15 Å². The van der Waals surface area contributed by atoms with E-state index in [0.29, 0.717) is 23.9 Å². The summed E-state index contributed by atoms with van der Waals surface area (Å²) in [5.41, 5.74) is 2.50. The molecule has 0 unspecified atom stereocenters. The van der Waals surface area contributed by atoms with Crippen LogP contribution in [0, 0.1) is 13.8 Å². The standard InChI is InChI=1S/C19H21N3O3S/c1-12-17(10-18(23)20-9-8-15-11-26-13(2)21-15)22-19(25-12)14-4-6-16(24-3)7-5-14/h4-7,11H,8-10H2,1-3H3,(H,20,23). The number of ether oxygens (including phenoxy) is 1. The molecular formula is C19H21N3O3S. The van der Waals surface area contributed by atoms with Crippen LogP contribution in [0.1, 0.15) is 22.2 Å². The van der Waals surface area contributed by atoms with Gasteiger partial charge in [-0.15, -0.1) is 11.3 Å². The summed E-state index contributed by atoms with van der Waals surface area (Å²) < 4.78 is 10.9. The Labute approximate surface area is 156 Å². The molecule has 26 heavy (non-hydrogen) atoms. The molecule has 0 aliphatic rings. The first-order valence-corrected chi connectivity index (χ1v) is 9.21. The van der Waals surface area contributed by atoms with Gasteiger partial charge in [0.2, 0.25) is 11.8 Å². The van der Waals surface area contributed by atoms with Crippen LogP contribution in [0.2, 0.25) is 0 Å². The smallest absolute Gasteiger partial charge is 0.226 e. The van der Waals surface area contributed by atoms with E-state index >= 15 is 0 Å². The lowest BCUT2D eigenvalue weighted by atomic mass is 10.2. The molecule has 136 valence electrons. The maximum Gasteiger partial charge on any atom is 0.226 e. The summed E-state index contributed by atoms with van der Waals surface area (Å²) in [5, 5.41) is 5.96. The third-order valence-electron chi connectivity index (χ3n) is 3.93. The Balaban J connectivity index is 1.57. The summed E-state index contributed by atoms with van der Waals surface area (Å²) in [5.74, 6) is 1.86. The molecule has 0 aliphatic heterocycles. The summed E-state index contributed by atoms with van der Waals surface area (Å²) in [4.78, 5) is 21.0. The summed E-state index contributed by atoms with van der Waals surface area (Å²) in [6.45, 7) is 4.35. The largest absolute Gasteiger partial charge is 0.497 e. The molecule has 7 heteroatoms. The van der Waals surface area contributed by atoms with Gasteiger partial charge in [-0.25, -0.2) is 9.97 Å². The Hall–Kier alpha value is -2.67. The second kappa shape index (κ2) is 8.14. The summed E-state index contributed by atoms with van der Waals surface area (Å²) >= 11 is 1.62. The molecule has 3 rings (SSSR count). The van der Waals surface area contributed by atoms with E-state index in [1.165, 1.54) is 0 Å². The predicted molar refractivity (Wildman–Crippen MR) is 100 cm³/mol. The summed E-state index contributed by atoms with van der Waals surface area (Å²) in [7, 11) is 1.62. The average molecular weight is 371 g/mol. The number of hydrogen-bond acceptors (Lipinski definition) is 6. The number of aryl methyl sites for hydroxylation is 2. The van der Waals surface area contributed by atoms with Crippen LogP contribution in [0.5, 0.6) is 5.75 Å². The minimum Gasteiger partial charge on any atom is -0.497 e. The highest BCUT2D eigenvalue weighted by Gasteiger charge is 2.14. The van der Waals surface area contributed by atoms with Crippen molar-refractivity contribution >= 4 is 17.2 Å². The average Bonchev–Trinajstić information content (AvgIpc) is 3.21. The molecule has 0 radical (unpaired) electrons. The van der Waals surface area contributed by atoms with E-state index in [-0.39, 0.29) is 12.3 Å². The van der Waals surface area contributed by atoms with Gasteiger partial charge < -0.3 is 14.5 Å². The number of rotatable bonds is 7. The van der Waals surface area contributed by atoms with Gasteiger partial charge in [-0.1, -0.05) is 0 Å². The van der Waals surface area contributed by atoms with Crippen LogP contribution in [0.4, 0.5) is 0 Å². The van der Waals surface area contributed by atoms with Crippen LogP contribution in [0.25, 0.3) is 11.5 Å². The van der Waals surface area contributed by atoms with E-state index < -0.39 is 0 Å². The molecule has 0 fully saturated rings. The highest BCUT2D eigenvalue weighted by molar-refractivity contribution is 7.09. The van der Waals surface area contributed by atoms with E-state index in [1.54, 1.807) is 18.4 Å². The zero-order valence-corrected chi connectivity index (χ0v) is 15.9. The van der Waals surface area contributed by atoms with Crippen molar-refractivity contribution in [2.75, 3.05) is 13.7 Å². The maximum atomic E-state index is 12.2. The predicted octanol–water partition coefficient (Wildman–Crippen LogP) is 3.32. The number of benzene rings is 1. The molecule has 3 aromatic rings. The van der Waals surface area contributed by atoms with Gasteiger partial charge in [0, 0.05) is 23.9 Å². The fourth-order valence-electron chi connectivity index (χ4n) is 2.52. The van der Waals surface area contributed by atoms with Crippen molar-refractivity contribution in [3.05, 3.63) is 51.8 Å². The van der Waals surface area contributed by atoms with Crippen LogP contribution < -0.4 is 10.1 Å². The number of nitrogens with one attached hydrogen (secondary N) is 1. The first-order valence-electron chi connectivity index (χ1n) is 8.33. The quantitative estimate of drug-likeness (QED) is 0.689. The van der Waals surface area contributed by atoms with Gasteiger partial charge in [0.1, 0.15) is 11.5 Å². The summed E-state index contributed by atoms with van der Waals surface area (Å²) in [6, 6.07) is 7.45. The van der Waals surface area contributed by atoms with Gasteiger partial charge in [0.15, 0.2) is 0 Å². The molecule has 6 nitrogen and oxygen atoms in total. The first-order chi connectivity index (χ1) is 12.5. The Morgan fingerprint density at radius 3 is 2.65 bits per heavy atom. The van der Waals surface area contributed by atoms with Gasteiger partial charge in [-0.2, -0.15) is 0 Å². The van der Waals surface area contributed by atoms with Crippen molar-refractivity contribution in [1.82, 2.24) is 15.3 Å². The highest BCUT2D eigenvalue weighted by Crippen LogP contribution is 2.24. The molecule has 0 aliphatic carbocycles. The van der Waals surface area contributed by atoms with Crippen molar-refractivity contribution < 1.29 is 13.9 Å². The fraction of sp³-hybridized carbons (Fsp3) is 0.316. The molecule has 0 atom stereocenters. The molecule has 1 aromatic carbocycles. The zero-order valence-electron chi connectivity index (χ0n) is 15.0. The van der Waals surface area contributed by atoms with E-state index in [0.717, 1.165) is 28.4 Å². The van der Waals surface area contributed by atoms with Crippen LogP contribution in [-0.2, 0) is 17.6 Å². The number of nitrogens with zero attached hydrogens (tertiary/aromatic N) is 2.